The van der Waals surface area contributed by atoms with E-state index >= 15 is 0 Å². The van der Waals surface area contributed by atoms with Crippen molar-refractivity contribution in [2.45, 2.75) is 18.8 Å². The molecule has 2 rings (SSSR count). The van der Waals surface area contributed by atoms with Crippen molar-refractivity contribution in [2.75, 3.05) is 13.1 Å². The van der Waals surface area contributed by atoms with Gasteiger partial charge in [0.25, 0.3) is 0 Å². The van der Waals surface area contributed by atoms with Crippen LogP contribution in [0.25, 0.3) is 0 Å². The highest BCUT2D eigenvalue weighted by Gasteiger charge is 2.45. The molecule has 0 aromatic heterocycles. The third-order valence-electron chi connectivity index (χ3n) is 3.85. The Balaban J connectivity index is 2.43. The SMILES string of the molecule is CCC1(c2ccc(F)cc2)CNCC1C(N)=O. The van der Waals surface area contributed by atoms with Crippen molar-refractivity contribution in [3.8, 4) is 0 Å². The highest BCUT2D eigenvalue weighted by atomic mass is 19.1. The first kappa shape index (κ1) is 12.0. The summed E-state index contributed by atoms with van der Waals surface area (Å²) in [7, 11) is 0. The zero-order valence-electron chi connectivity index (χ0n) is 9.87. The van der Waals surface area contributed by atoms with Gasteiger partial charge in [0.2, 0.25) is 5.91 Å². The summed E-state index contributed by atoms with van der Waals surface area (Å²) in [5.74, 6) is -0.777. The van der Waals surface area contributed by atoms with Gasteiger partial charge in [0.1, 0.15) is 5.82 Å². The van der Waals surface area contributed by atoms with E-state index in [2.05, 4.69) is 5.32 Å². The Morgan fingerprint density at radius 2 is 2.18 bits per heavy atom. The zero-order valence-corrected chi connectivity index (χ0v) is 9.87. The lowest BCUT2D eigenvalue weighted by atomic mass is 9.70. The standard InChI is InChI=1S/C13H17FN2O/c1-2-13(8-16-7-11(13)12(15)17)9-3-5-10(14)6-4-9/h3-6,11,16H,2,7-8H2,1H3,(H2,15,17). The normalized spacial score (nSPS) is 28.2. The Hall–Kier alpha value is -1.42. The second kappa shape index (κ2) is 4.45. The predicted molar refractivity (Wildman–Crippen MR) is 63.9 cm³/mol. The number of hydrogen-bond acceptors (Lipinski definition) is 2. The molecule has 0 bridgehead atoms. The minimum Gasteiger partial charge on any atom is -0.369 e. The predicted octanol–water partition coefficient (Wildman–Crippen LogP) is 1.18. The lowest BCUT2D eigenvalue weighted by Crippen LogP contribution is -2.41. The van der Waals surface area contributed by atoms with Gasteiger partial charge in [0, 0.05) is 18.5 Å². The first-order chi connectivity index (χ1) is 8.10. The Labute approximate surface area is 100 Å². The number of nitrogens with one attached hydrogen (secondary N) is 1. The molecule has 0 aliphatic carbocycles. The molecule has 3 N–H and O–H groups in total. The molecule has 1 amide bonds. The number of amides is 1. The van der Waals surface area contributed by atoms with E-state index in [-0.39, 0.29) is 23.1 Å². The molecule has 4 heteroatoms. The van der Waals surface area contributed by atoms with Crippen LogP contribution in [-0.4, -0.2) is 19.0 Å². The molecule has 1 aromatic carbocycles. The van der Waals surface area contributed by atoms with Gasteiger partial charge in [-0.25, -0.2) is 4.39 Å². The van der Waals surface area contributed by atoms with Crippen molar-refractivity contribution >= 4 is 5.91 Å². The molecule has 1 heterocycles. The van der Waals surface area contributed by atoms with E-state index in [4.69, 9.17) is 5.73 Å². The fourth-order valence-corrected chi connectivity index (χ4v) is 2.79. The van der Waals surface area contributed by atoms with Gasteiger partial charge in [0.05, 0.1) is 5.92 Å². The molecular weight excluding hydrogens is 219 g/mol. The molecule has 2 atom stereocenters. The van der Waals surface area contributed by atoms with Crippen molar-refractivity contribution in [1.29, 1.82) is 0 Å². The summed E-state index contributed by atoms with van der Waals surface area (Å²) in [5, 5.41) is 3.21. The molecule has 1 saturated heterocycles. The van der Waals surface area contributed by atoms with Crippen LogP contribution < -0.4 is 11.1 Å². The molecule has 1 aliphatic heterocycles. The molecule has 1 aromatic rings. The smallest absolute Gasteiger partial charge is 0.222 e. The van der Waals surface area contributed by atoms with Crippen molar-refractivity contribution < 1.29 is 9.18 Å². The Morgan fingerprint density at radius 3 is 2.71 bits per heavy atom. The quantitative estimate of drug-likeness (QED) is 0.828. The second-order valence-electron chi connectivity index (χ2n) is 4.60. The van der Waals surface area contributed by atoms with Crippen LogP contribution in [0.5, 0.6) is 0 Å². The highest BCUT2D eigenvalue weighted by Crippen LogP contribution is 2.38. The van der Waals surface area contributed by atoms with Crippen LogP contribution in [0.4, 0.5) is 4.39 Å². The van der Waals surface area contributed by atoms with Gasteiger partial charge in [-0.05, 0) is 24.1 Å². The lowest BCUT2D eigenvalue weighted by molar-refractivity contribution is -0.122. The number of halogens is 1. The molecule has 1 fully saturated rings. The molecule has 17 heavy (non-hydrogen) atoms. The summed E-state index contributed by atoms with van der Waals surface area (Å²) in [6, 6.07) is 6.37. The first-order valence-electron chi connectivity index (χ1n) is 5.86. The third-order valence-corrected chi connectivity index (χ3v) is 3.85. The van der Waals surface area contributed by atoms with Gasteiger partial charge in [-0.15, -0.1) is 0 Å². The van der Waals surface area contributed by atoms with Crippen molar-refractivity contribution in [3.05, 3.63) is 35.6 Å². The molecule has 0 radical (unpaired) electrons. The third kappa shape index (κ3) is 1.93. The van der Waals surface area contributed by atoms with Crippen LogP contribution in [0.2, 0.25) is 0 Å². The molecule has 1 aliphatic rings. The fourth-order valence-electron chi connectivity index (χ4n) is 2.79. The maximum atomic E-state index is 13.0. The number of carbonyl (C=O) groups excluding carboxylic acids is 1. The van der Waals surface area contributed by atoms with Gasteiger partial charge < -0.3 is 11.1 Å². The van der Waals surface area contributed by atoms with Crippen LogP contribution in [0.1, 0.15) is 18.9 Å². The minimum absolute atomic E-state index is 0.224. The first-order valence-corrected chi connectivity index (χ1v) is 5.86. The number of primary amides is 1. The summed E-state index contributed by atoms with van der Waals surface area (Å²) in [6.07, 6.45) is 0.805. The van der Waals surface area contributed by atoms with Gasteiger partial charge in [-0.1, -0.05) is 19.1 Å². The fraction of sp³-hybridized carbons (Fsp3) is 0.462. The highest BCUT2D eigenvalue weighted by molar-refractivity contribution is 5.79. The summed E-state index contributed by atoms with van der Waals surface area (Å²) < 4.78 is 13.0. The lowest BCUT2D eigenvalue weighted by Gasteiger charge is -2.32. The Bertz CT molecular complexity index is 418. The Morgan fingerprint density at radius 1 is 1.53 bits per heavy atom. The summed E-state index contributed by atoms with van der Waals surface area (Å²) in [6.45, 7) is 3.34. The number of benzene rings is 1. The summed E-state index contributed by atoms with van der Waals surface area (Å²) >= 11 is 0. The van der Waals surface area contributed by atoms with E-state index < -0.39 is 0 Å². The van der Waals surface area contributed by atoms with Crippen LogP contribution in [0, 0.1) is 11.7 Å². The van der Waals surface area contributed by atoms with Crippen molar-refractivity contribution in [1.82, 2.24) is 5.32 Å². The molecular formula is C13H17FN2O. The zero-order chi connectivity index (χ0) is 12.5. The van der Waals surface area contributed by atoms with E-state index in [1.807, 2.05) is 6.92 Å². The number of rotatable bonds is 3. The van der Waals surface area contributed by atoms with Gasteiger partial charge in [0.15, 0.2) is 0 Å². The maximum Gasteiger partial charge on any atom is 0.222 e. The van der Waals surface area contributed by atoms with E-state index in [0.29, 0.717) is 13.1 Å². The summed E-state index contributed by atoms with van der Waals surface area (Å²) in [5.41, 5.74) is 6.15. The largest absolute Gasteiger partial charge is 0.369 e. The Kier molecular flexibility index (Phi) is 3.15. The van der Waals surface area contributed by atoms with Crippen LogP contribution in [0.3, 0.4) is 0 Å². The van der Waals surface area contributed by atoms with E-state index in [1.165, 1.54) is 12.1 Å². The molecule has 0 saturated carbocycles. The van der Waals surface area contributed by atoms with Crippen molar-refractivity contribution in [2.24, 2.45) is 11.7 Å². The van der Waals surface area contributed by atoms with E-state index in [1.54, 1.807) is 12.1 Å². The number of carbonyl (C=O) groups is 1. The van der Waals surface area contributed by atoms with Crippen LogP contribution in [-0.2, 0) is 10.2 Å². The van der Waals surface area contributed by atoms with E-state index in [9.17, 15) is 9.18 Å². The van der Waals surface area contributed by atoms with E-state index in [0.717, 1.165) is 12.0 Å². The molecule has 92 valence electrons. The maximum absolute atomic E-state index is 13.0. The number of hydrogen-bond donors (Lipinski definition) is 2. The van der Waals surface area contributed by atoms with Gasteiger partial charge in [-0.3, -0.25) is 4.79 Å². The number of nitrogens with two attached hydrogens (primary N) is 1. The summed E-state index contributed by atoms with van der Waals surface area (Å²) in [4.78, 5) is 11.5. The topological polar surface area (TPSA) is 55.1 Å². The van der Waals surface area contributed by atoms with Crippen LogP contribution in [0.15, 0.2) is 24.3 Å². The second-order valence-corrected chi connectivity index (χ2v) is 4.60. The molecule has 3 nitrogen and oxygen atoms in total. The van der Waals surface area contributed by atoms with Gasteiger partial charge in [-0.2, -0.15) is 0 Å². The minimum atomic E-state index is -0.292. The average molecular weight is 236 g/mol. The average Bonchev–Trinajstić information content (AvgIpc) is 2.75. The van der Waals surface area contributed by atoms with Crippen LogP contribution >= 0.6 is 0 Å². The van der Waals surface area contributed by atoms with Gasteiger partial charge >= 0.3 is 0 Å². The molecule has 0 spiro atoms. The van der Waals surface area contributed by atoms with Crippen molar-refractivity contribution in [3.63, 3.8) is 0 Å². The molecule has 2 unspecified atom stereocenters. The monoisotopic (exact) mass is 236 g/mol.